The summed E-state index contributed by atoms with van der Waals surface area (Å²) in [5, 5.41) is 9.43. The lowest BCUT2D eigenvalue weighted by molar-refractivity contribution is -0.139. The second-order valence-electron chi connectivity index (χ2n) is 6.92. The van der Waals surface area contributed by atoms with E-state index in [1.54, 1.807) is 17.5 Å². The predicted molar refractivity (Wildman–Crippen MR) is 124 cm³/mol. The molecular formula is C24H21ClN2O3S. The summed E-state index contributed by atoms with van der Waals surface area (Å²) in [6.07, 6.45) is 4.62. The van der Waals surface area contributed by atoms with E-state index in [-0.39, 0.29) is 12.4 Å². The van der Waals surface area contributed by atoms with Gasteiger partial charge in [-0.05, 0) is 58.0 Å². The maximum Gasteiger partial charge on any atom is 0.310 e. The molecule has 0 spiro atoms. The zero-order chi connectivity index (χ0) is 21.6. The number of nitrogens with one attached hydrogen (secondary N) is 1. The first-order valence-corrected chi connectivity index (χ1v) is 11.0. The molecule has 0 radical (unpaired) electrons. The fourth-order valence-corrected chi connectivity index (χ4v) is 4.67. The van der Waals surface area contributed by atoms with Crippen LogP contribution in [-0.2, 0) is 22.4 Å². The smallest absolute Gasteiger partial charge is 0.310 e. The molecule has 0 aliphatic heterocycles. The van der Waals surface area contributed by atoms with Crippen molar-refractivity contribution in [2.45, 2.75) is 12.8 Å². The Bertz CT molecular complexity index is 1150. The number of hydrogen-bond acceptors (Lipinski definition) is 5. The molecule has 0 aliphatic rings. The van der Waals surface area contributed by atoms with E-state index in [1.165, 1.54) is 7.11 Å². The highest BCUT2D eigenvalue weighted by Crippen LogP contribution is 2.41. The lowest BCUT2D eigenvalue weighted by Crippen LogP contribution is -2.05. The molecule has 2 aromatic heterocycles. The van der Waals surface area contributed by atoms with E-state index in [0.717, 1.165) is 44.9 Å². The number of aromatic nitrogens is 2. The molecule has 2 heterocycles. The van der Waals surface area contributed by atoms with Gasteiger partial charge in [0.2, 0.25) is 0 Å². The van der Waals surface area contributed by atoms with Crippen molar-refractivity contribution in [3.05, 3.63) is 82.5 Å². The van der Waals surface area contributed by atoms with Crippen molar-refractivity contribution < 1.29 is 14.3 Å². The molecule has 31 heavy (non-hydrogen) atoms. The molecule has 2 aromatic carbocycles. The van der Waals surface area contributed by atoms with E-state index in [9.17, 15) is 4.79 Å². The van der Waals surface area contributed by atoms with Crippen LogP contribution in [0, 0.1) is 0 Å². The number of H-pyrrole nitrogens is 1. The second-order valence-corrected chi connectivity index (χ2v) is 8.21. The number of halogens is 1. The summed E-state index contributed by atoms with van der Waals surface area (Å²) in [5.41, 5.74) is 4.90. The molecule has 0 bridgehead atoms. The van der Waals surface area contributed by atoms with Gasteiger partial charge in [-0.3, -0.25) is 9.89 Å². The van der Waals surface area contributed by atoms with Crippen LogP contribution in [0.3, 0.4) is 0 Å². The van der Waals surface area contributed by atoms with E-state index in [0.29, 0.717) is 11.6 Å². The highest BCUT2D eigenvalue weighted by atomic mass is 35.5. The first-order chi connectivity index (χ1) is 15.2. The Balaban J connectivity index is 1.58. The molecule has 5 nitrogen and oxygen atoms in total. The summed E-state index contributed by atoms with van der Waals surface area (Å²) in [7, 11) is 1.40. The minimum absolute atomic E-state index is 0.179. The monoisotopic (exact) mass is 452 g/mol. The third kappa shape index (κ3) is 4.98. The standard InChI is InChI=1S/C24H21ClN2O3S/c1-29-23(28)12-20-21(19-4-2-3-5-22(19)25)15-31-24(20)17-6-8-18(9-7-17)30-11-10-16-13-26-27-14-16/h2-9,13-15H,10-12H2,1H3,(H,26,27). The molecule has 4 aromatic rings. The van der Waals surface area contributed by atoms with Crippen molar-refractivity contribution in [1.29, 1.82) is 0 Å². The second kappa shape index (κ2) is 9.81. The third-order valence-corrected chi connectivity index (χ3v) is 6.34. The number of aromatic amines is 1. The number of hydrogen-bond donors (Lipinski definition) is 1. The number of nitrogens with zero attached hydrogens (tertiary/aromatic N) is 1. The molecule has 0 aliphatic carbocycles. The van der Waals surface area contributed by atoms with E-state index in [1.807, 2.05) is 60.1 Å². The van der Waals surface area contributed by atoms with Crippen LogP contribution in [0.4, 0.5) is 0 Å². The van der Waals surface area contributed by atoms with Crippen LogP contribution >= 0.6 is 22.9 Å². The van der Waals surface area contributed by atoms with Gasteiger partial charge in [-0.25, -0.2) is 0 Å². The number of carbonyl (C=O) groups is 1. The van der Waals surface area contributed by atoms with E-state index in [4.69, 9.17) is 21.1 Å². The Labute approximate surface area is 189 Å². The molecule has 0 fully saturated rings. The molecule has 4 rings (SSSR count). The van der Waals surface area contributed by atoms with Crippen LogP contribution in [0.2, 0.25) is 5.02 Å². The normalized spacial score (nSPS) is 10.8. The third-order valence-electron chi connectivity index (χ3n) is 4.94. The zero-order valence-electron chi connectivity index (χ0n) is 16.9. The summed E-state index contributed by atoms with van der Waals surface area (Å²) < 4.78 is 10.8. The average Bonchev–Trinajstić information content (AvgIpc) is 3.45. The molecule has 158 valence electrons. The molecule has 0 unspecified atom stereocenters. The zero-order valence-corrected chi connectivity index (χ0v) is 18.5. The number of rotatable bonds is 8. The van der Waals surface area contributed by atoms with Crippen molar-refractivity contribution in [2.75, 3.05) is 13.7 Å². The van der Waals surface area contributed by atoms with Crippen LogP contribution in [0.1, 0.15) is 11.1 Å². The Morgan fingerprint density at radius 1 is 1.13 bits per heavy atom. The van der Waals surface area contributed by atoms with Crippen LogP contribution in [0.25, 0.3) is 21.6 Å². The largest absolute Gasteiger partial charge is 0.493 e. The van der Waals surface area contributed by atoms with Crippen molar-refractivity contribution in [2.24, 2.45) is 0 Å². The first kappa shape index (κ1) is 21.2. The Morgan fingerprint density at radius 2 is 1.94 bits per heavy atom. The van der Waals surface area contributed by atoms with Crippen LogP contribution in [0.15, 0.2) is 66.3 Å². The van der Waals surface area contributed by atoms with Gasteiger partial charge in [-0.1, -0.05) is 29.8 Å². The summed E-state index contributed by atoms with van der Waals surface area (Å²) in [5.74, 6) is 0.511. The summed E-state index contributed by atoms with van der Waals surface area (Å²) >= 11 is 8.02. The minimum Gasteiger partial charge on any atom is -0.493 e. The van der Waals surface area contributed by atoms with Crippen LogP contribution in [0.5, 0.6) is 5.75 Å². The van der Waals surface area contributed by atoms with Crippen LogP contribution < -0.4 is 4.74 Å². The fourth-order valence-electron chi connectivity index (χ4n) is 3.33. The molecule has 0 amide bonds. The van der Waals surface area contributed by atoms with Gasteiger partial charge in [-0.15, -0.1) is 11.3 Å². The summed E-state index contributed by atoms with van der Waals surface area (Å²) in [6, 6.07) is 15.6. The maximum atomic E-state index is 12.1. The number of carbonyl (C=O) groups excluding carboxylic acids is 1. The van der Waals surface area contributed by atoms with E-state index >= 15 is 0 Å². The lowest BCUT2D eigenvalue weighted by Gasteiger charge is -2.10. The number of benzene rings is 2. The number of thiophene rings is 1. The molecular weight excluding hydrogens is 432 g/mol. The first-order valence-electron chi connectivity index (χ1n) is 9.78. The van der Waals surface area contributed by atoms with Gasteiger partial charge in [0.25, 0.3) is 0 Å². The van der Waals surface area contributed by atoms with Crippen molar-refractivity contribution >= 4 is 28.9 Å². The maximum absolute atomic E-state index is 12.1. The summed E-state index contributed by atoms with van der Waals surface area (Å²) in [4.78, 5) is 13.1. The quantitative estimate of drug-likeness (QED) is 0.343. The number of methoxy groups -OCH3 is 1. The Kier molecular flexibility index (Phi) is 6.70. The molecule has 0 atom stereocenters. The highest BCUT2D eigenvalue weighted by molar-refractivity contribution is 7.14. The van der Waals surface area contributed by atoms with Gasteiger partial charge in [-0.2, -0.15) is 5.10 Å². The number of ether oxygens (including phenoxy) is 2. The molecule has 1 N–H and O–H groups in total. The van der Waals surface area contributed by atoms with Crippen molar-refractivity contribution in [1.82, 2.24) is 10.2 Å². The molecule has 7 heteroatoms. The van der Waals surface area contributed by atoms with E-state index < -0.39 is 0 Å². The number of esters is 1. The van der Waals surface area contributed by atoms with Gasteiger partial charge >= 0.3 is 5.97 Å². The average molecular weight is 453 g/mol. The lowest BCUT2D eigenvalue weighted by atomic mass is 9.98. The SMILES string of the molecule is COC(=O)Cc1c(-c2ccccc2Cl)csc1-c1ccc(OCCc2cn[nH]c2)cc1. The van der Waals surface area contributed by atoms with Crippen LogP contribution in [-0.4, -0.2) is 29.9 Å². The molecule has 0 saturated carbocycles. The highest BCUT2D eigenvalue weighted by Gasteiger charge is 2.19. The van der Waals surface area contributed by atoms with Crippen molar-refractivity contribution in [3.63, 3.8) is 0 Å². The van der Waals surface area contributed by atoms with Gasteiger partial charge in [0.05, 0.1) is 26.3 Å². The fraction of sp³-hybridized carbons (Fsp3) is 0.167. The predicted octanol–water partition coefficient (Wildman–Crippen LogP) is 5.80. The van der Waals surface area contributed by atoms with E-state index in [2.05, 4.69) is 10.2 Å². The van der Waals surface area contributed by atoms with Crippen molar-refractivity contribution in [3.8, 4) is 27.3 Å². The minimum atomic E-state index is -0.285. The van der Waals surface area contributed by atoms with Gasteiger partial charge in [0.1, 0.15) is 5.75 Å². The summed E-state index contributed by atoms with van der Waals surface area (Å²) in [6.45, 7) is 0.572. The van der Waals surface area contributed by atoms with Gasteiger partial charge in [0.15, 0.2) is 0 Å². The Morgan fingerprint density at radius 3 is 2.65 bits per heavy atom. The van der Waals surface area contributed by atoms with Gasteiger partial charge < -0.3 is 9.47 Å². The molecule has 0 saturated heterocycles. The van der Waals surface area contributed by atoms with Gasteiger partial charge in [0, 0.05) is 28.1 Å². The topological polar surface area (TPSA) is 64.2 Å². The Hall–Kier alpha value is -3.09.